The van der Waals surface area contributed by atoms with Crippen LogP contribution in [0.1, 0.15) is 5.89 Å². The maximum Gasteiger partial charge on any atom is 0.278 e. The maximum atomic E-state index is 13.3. The Morgan fingerprint density at radius 1 is 1.47 bits per heavy atom. The number of benzene rings is 1. The molecule has 0 saturated carbocycles. The molecule has 0 bridgehead atoms. The van der Waals surface area contributed by atoms with Crippen LogP contribution in [-0.2, 0) is 0 Å². The van der Waals surface area contributed by atoms with E-state index in [0.717, 1.165) is 6.07 Å². The number of hydrogen-bond acceptors (Lipinski definition) is 3. The van der Waals surface area contributed by atoms with Gasteiger partial charge in [-0.05, 0) is 12.1 Å². The van der Waals surface area contributed by atoms with Crippen LogP contribution >= 0.6 is 11.6 Å². The van der Waals surface area contributed by atoms with Crippen molar-refractivity contribution >= 4 is 33.6 Å². The normalized spacial score (nSPS) is 11.5. The summed E-state index contributed by atoms with van der Waals surface area (Å²) in [5.41, 5.74) is 0.437. The molecule has 3 rings (SSSR count). The van der Waals surface area contributed by atoms with Crippen molar-refractivity contribution in [2.24, 2.45) is 0 Å². The van der Waals surface area contributed by atoms with Crippen LogP contribution in [0.25, 0.3) is 22.0 Å². The number of hydrogen-bond donors (Lipinski definition) is 1. The first kappa shape index (κ1) is 10.3. The van der Waals surface area contributed by atoms with Crippen molar-refractivity contribution in [1.82, 2.24) is 9.97 Å². The van der Waals surface area contributed by atoms with Gasteiger partial charge in [0, 0.05) is 12.3 Å². The molecule has 0 fully saturated rings. The lowest BCUT2D eigenvalue weighted by Gasteiger charge is -2.00. The summed E-state index contributed by atoms with van der Waals surface area (Å²) in [6.07, 6.45) is 0. The zero-order valence-corrected chi connectivity index (χ0v) is 9.43. The molecule has 0 atom stereocenters. The number of oxazole rings is 1. The third kappa shape index (κ3) is 1.43. The molecule has 0 aliphatic carbocycles. The Labute approximate surface area is 99.0 Å². The molecule has 0 saturated heterocycles. The first-order valence-corrected chi connectivity index (χ1v) is 5.22. The topological polar surface area (TPSA) is 58.9 Å². The molecule has 17 heavy (non-hydrogen) atoms. The smallest absolute Gasteiger partial charge is 0.278 e. The number of pyridine rings is 1. The van der Waals surface area contributed by atoms with E-state index in [4.69, 9.17) is 16.0 Å². The molecule has 0 aliphatic heterocycles. The van der Waals surface area contributed by atoms with E-state index < -0.39 is 11.4 Å². The van der Waals surface area contributed by atoms with Crippen molar-refractivity contribution in [2.45, 2.75) is 6.92 Å². The molecule has 3 aromatic rings. The molecule has 2 heterocycles. The summed E-state index contributed by atoms with van der Waals surface area (Å²) >= 11 is 5.71. The van der Waals surface area contributed by atoms with Crippen molar-refractivity contribution < 1.29 is 8.81 Å². The number of aromatic amines is 1. The van der Waals surface area contributed by atoms with Crippen LogP contribution in [0.5, 0.6) is 0 Å². The number of aromatic nitrogens is 2. The summed E-state index contributed by atoms with van der Waals surface area (Å²) in [5.74, 6) is -0.219. The van der Waals surface area contributed by atoms with Crippen molar-refractivity contribution in [3.8, 4) is 0 Å². The van der Waals surface area contributed by atoms with E-state index >= 15 is 0 Å². The molecule has 0 aliphatic rings. The van der Waals surface area contributed by atoms with Gasteiger partial charge in [0.1, 0.15) is 5.82 Å². The van der Waals surface area contributed by atoms with E-state index in [9.17, 15) is 9.18 Å². The predicted octanol–water partition coefficient (Wildman–Crippen LogP) is 2.77. The van der Waals surface area contributed by atoms with Crippen LogP contribution in [0.15, 0.2) is 21.3 Å². The van der Waals surface area contributed by atoms with Gasteiger partial charge in [-0.2, -0.15) is 0 Å². The maximum absolute atomic E-state index is 13.3. The fourth-order valence-corrected chi connectivity index (χ4v) is 1.95. The van der Waals surface area contributed by atoms with Crippen LogP contribution in [0.2, 0.25) is 5.02 Å². The van der Waals surface area contributed by atoms with Gasteiger partial charge in [0.2, 0.25) is 0 Å². The molecular formula is C11H6ClFN2O2. The second kappa shape index (κ2) is 3.30. The Morgan fingerprint density at radius 2 is 2.24 bits per heavy atom. The molecule has 6 heteroatoms. The van der Waals surface area contributed by atoms with Crippen molar-refractivity contribution in [1.29, 1.82) is 0 Å². The minimum absolute atomic E-state index is 0.0279. The molecule has 1 N–H and O–H groups in total. The lowest BCUT2D eigenvalue weighted by Crippen LogP contribution is -2.06. The summed E-state index contributed by atoms with van der Waals surface area (Å²) < 4.78 is 18.6. The van der Waals surface area contributed by atoms with Gasteiger partial charge in [-0.1, -0.05) is 11.6 Å². The van der Waals surface area contributed by atoms with E-state index in [1.807, 2.05) is 0 Å². The van der Waals surface area contributed by atoms with E-state index in [1.54, 1.807) is 6.92 Å². The first-order chi connectivity index (χ1) is 8.06. The summed E-state index contributed by atoms with van der Waals surface area (Å²) in [4.78, 5) is 18.2. The molecule has 1 aromatic carbocycles. The second-order valence-corrected chi connectivity index (χ2v) is 4.08. The lowest BCUT2D eigenvalue weighted by molar-refractivity contribution is 0.563. The highest BCUT2D eigenvalue weighted by Crippen LogP contribution is 2.26. The zero-order valence-electron chi connectivity index (χ0n) is 8.67. The fourth-order valence-electron chi connectivity index (χ4n) is 1.78. The lowest BCUT2D eigenvalue weighted by atomic mass is 10.2. The van der Waals surface area contributed by atoms with Crippen LogP contribution in [0.4, 0.5) is 4.39 Å². The van der Waals surface area contributed by atoms with E-state index in [-0.39, 0.29) is 10.5 Å². The highest BCUT2D eigenvalue weighted by atomic mass is 35.5. The number of H-pyrrole nitrogens is 1. The number of nitrogens with one attached hydrogen (secondary N) is 1. The summed E-state index contributed by atoms with van der Waals surface area (Å²) in [6.45, 7) is 1.64. The third-order valence-corrected chi connectivity index (χ3v) is 2.79. The highest BCUT2D eigenvalue weighted by molar-refractivity contribution is 6.31. The predicted molar refractivity (Wildman–Crippen MR) is 61.8 cm³/mol. The fraction of sp³-hybridized carbons (Fsp3) is 0.0909. The third-order valence-electron chi connectivity index (χ3n) is 2.50. The van der Waals surface area contributed by atoms with Crippen LogP contribution in [0.3, 0.4) is 0 Å². The number of aryl methyl sites for hydroxylation is 1. The summed E-state index contributed by atoms with van der Waals surface area (Å²) in [6, 6.07) is 2.57. The quantitative estimate of drug-likeness (QED) is 0.669. The molecule has 0 unspecified atom stereocenters. The summed E-state index contributed by atoms with van der Waals surface area (Å²) in [7, 11) is 0. The average Bonchev–Trinajstić information content (AvgIpc) is 2.64. The van der Waals surface area contributed by atoms with Gasteiger partial charge in [-0.3, -0.25) is 4.79 Å². The van der Waals surface area contributed by atoms with Crippen molar-refractivity contribution in [2.75, 3.05) is 0 Å². The number of nitrogens with zero attached hydrogens (tertiary/aromatic N) is 1. The molecule has 0 amide bonds. The van der Waals surface area contributed by atoms with Gasteiger partial charge in [0.05, 0.1) is 10.5 Å². The van der Waals surface area contributed by atoms with Crippen LogP contribution in [0, 0.1) is 12.7 Å². The zero-order chi connectivity index (χ0) is 12.2. The van der Waals surface area contributed by atoms with Crippen LogP contribution in [-0.4, -0.2) is 9.97 Å². The number of rotatable bonds is 0. The van der Waals surface area contributed by atoms with Gasteiger partial charge in [-0.25, -0.2) is 9.37 Å². The molecule has 0 spiro atoms. The standard InChI is InChI=1S/C11H6ClFN2O2/c1-4-14-9-10(17-4)5-2-6(12)7(13)3-8(5)15-11(9)16/h2-3H,1H3,(H,15,16). The van der Waals surface area contributed by atoms with E-state index in [2.05, 4.69) is 9.97 Å². The molecular weight excluding hydrogens is 247 g/mol. The number of fused-ring (bicyclic) bond motifs is 3. The Hall–Kier alpha value is -1.88. The average molecular weight is 253 g/mol. The van der Waals surface area contributed by atoms with Gasteiger partial charge in [-0.15, -0.1) is 0 Å². The van der Waals surface area contributed by atoms with Gasteiger partial charge < -0.3 is 9.40 Å². The Kier molecular flexibility index (Phi) is 2.00. The number of halogens is 2. The monoisotopic (exact) mass is 252 g/mol. The Balaban J connectivity index is 2.62. The Bertz CT molecular complexity index is 806. The second-order valence-electron chi connectivity index (χ2n) is 3.68. The van der Waals surface area contributed by atoms with E-state index in [0.29, 0.717) is 22.4 Å². The summed E-state index contributed by atoms with van der Waals surface area (Å²) in [5, 5.41) is 0.506. The van der Waals surface area contributed by atoms with Crippen LogP contribution < -0.4 is 5.56 Å². The van der Waals surface area contributed by atoms with Crippen molar-refractivity contribution in [3.63, 3.8) is 0 Å². The minimum atomic E-state index is -0.592. The molecule has 2 aromatic heterocycles. The SMILES string of the molecule is Cc1nc2c(=O)[nH]c3cc(F)c(Cl)cc3c2o1. The van der Waals surface area contributed by atoms with Crippen molar-refractivity contribution in [3.05, 3.63) is 39.2 Å². The highest BCUT2D eigenvalue weighted by Gasteiger charge is 2.13. The minimum Gasteiger partial charge on any atom is -0.440 e. The van der Waals surface area contributed by atoms with Gasteiger partial charge >= 0.3 is 0 Å². The van der Waals surface area contributed by atoms with E-state index in [1.165, 1.54) is 6.07 Å². The van der Waals surface area contributed by atoms with Gasteiger partial charge in [0.15, 0.2) is 17.0 Å². The van der Waals surface area contributed by atoms with Gasteiger partial charge in [0.25, 0.3) is 5.56 Å². The molecule has 0 radical (unpaired) electrons. The molecule has 4 nitrogen and oxygen atoms in total. The molecule has 86 valence electrons. The Morgan fingerprint density at radius 3 is 3.00 bits per heavy atom. The first-order valence-electron chi connectivity index (χ1n) is 4.84. The largest absolute Gasteiger partial charge is 0.440 e.